The van der Waals surface area contributed by atoms with E-state index in [4.69, 9.17) is 9.31 Å². The van der Waals surface area contributed by atoms with E-state index < -0.39 is 0 Å². The van der Waals surface area contributed by atoms with Crippen molar-refractivity contribution >= 4 is 7.69 Å². The van der Waals surface area contributed by atoms with Crippen molar-refractivity contribution in [2.75, 3.05) is 0 Å². The Morgan fingerprint density at radius 1 is 0.588 bits per heavy atom. The minimum absolute atomic E-state index is 0.429. The van der Waals surface area contributed by atoms with Crippen LogP contribution < -0.4 is 0 Å². The van der Waals surface area contributed by atoms with Crippen molar-refractivity contribution in [3.63, 3.8) is 0 Å². The molecule has 0 N–H and O–H groups in total. The van der Waals surface area contributed by atoms with Crippen LogP contribution in [0, 0.1) is 11.8 Å². The standard InChI is InChI=1S/C14H25BO2/c1-3-7-11(8-4-1)13-14(17-15-16-13)12-9-5-2-6-10-12/h11-15H,1-10H2/t13-,14-/m1/s1. The van der Waals surface area contributed by atoms with Gasteiger partial charge in [0.1, 0.15) is 0 Å². The van der Waals surface area contributed by atoms with Crippen molar-refractivity contribution < 1.29 is 9.31 Å². The Balaban J connectivity index is 1.61. The summed E-state index contributed by atoms with van der Waals surface area (Å²) in [6.45, 7) is 0. The summed E-state index contributed by atoms with van der Waals surface area (Å²) >= 11 is 0. The minimum atomic E-state index is 0.429. The molecule has 0 unspecified atom stereocenters. The lowest BCUT2D eigenvalue weighted by atomic mass is 9.77. The van der Waals surface area contributed by atoms with Crippen molar-refractivity contribution in [3.05, 3.63) is 0 Å². The fourth-order valence-electron chi connectivity index (χ4n) is 4.12. The van der Waals surface area contributed by atoms with Gasteiger partial charge in [-0.2, -0.15) is 0 Å². The van der Waals surface area contributed by atoms with E-state index in [0.29, 0.717) is 19.9 Å². The molecule has 0 spiro atoms. The van der Waals surface area contributed by atoms with E-state index in [1.807, 2.05) is 0 Å². The summed E-state index contributed by atoms with van der Waals surface area (Å²) in [4.78, 5) is 0. The molecule has 2 nitrogen and oxygen atoms in total. The van der Waals surface area contributed by atoms with E-state index in [9.17, 15) is 0 Å². The highest BCUT2D eigenvalue weighted by atomic mass is 16.6. The third kappa shape index (κ3) is 2.71. The molecule has 1 heterocycles. The van der Waals surface area contributed by atoms with Crippen molar-refractivity contribution in [2.45, 2.75) is 76.4 Å². The molecule has 2 saturated carbocycles. The summed E-state index contributed by atoms with van der Waals surface area (Å²) in [6, 6.07) is 0. The molecule has 17 heavy (non-hydrogen) atoms. The van der Waals surface area contributed by atoms with Crippen molar-refractivity contribution in [2.24, 2.45) is 11.8 Å². The second-order valence-electron chi connectivity index (χ2n) is 6.18. The average Bonchev–Trinajstić information content (AvgIpc) is 2.90. The fourth-order valence-corrected chi connectivity index (χ4v) is 4.12. The number of hydrogen-bond donors (Lipinski definition) is 0. The van der Waals surface area contributed by atoms with Gasteiger partial charge in [-0.05, 0) is 37.5 Å². The van der Waals surface area contributed by atoms with E-state index in [0.717, 1.165) is 11.8 Å². The Morgan fingerprint density at radius 2 is 1.00 bits per heavy atom. The zero-order chi connectivity index (χ0) is 11.5. The first-order valence-corrected chi connectivity index (χ1v) is 7.68. The van der Waals surface area contributed by atoms with Crippen molar-refractivity contribution in [1.82, 2.24) is 0 Å². The Labute approximate surface area is 106 Å². The molecule has 3 rings (SSSR count). The van der Waals surface area contributed by atoms with Crippen LogP contribution in [0.15, 0.2) is 0 Å². The highest BCUT2D eigenvalue weighted by Crippen LogP contribution is 2.38. The molecule has 0 bridgehead atoms. The van der Waals surface area contributed by atoms with Crippen LogP contribution in [0.3, 0.4) is 0 Å². The number of hydrogen-bond acceptors (Lipinski definition) is 2. The second kappa shape index (κ2) is 5.75. The first kappa shape index (κ1) is 12.0. The predicted octanol–water partition coefficient (Wildman–Crippen LogP) is 3.20. The van der Waals surface area contributed by atoms with Crippen LogP contribution in [0.4, 0.5) is 0 Å². The topological polar surface area (TPSA) is 18.5 Å². The van der Waals surface area contributed by atoms with Gasteiger partial charge in [-0.15, -0.1) is 0 Å². The van der Waals surface area contributed by atoms with Crippen LogP contribution >= 0.6 is 0 Å². The van der Waals surface area contributed by atoms with Crippen LogP contribution in [-0.2, 0) is 9.31 Å². The first-order valence-electron chi connectivity index (χ1n) is 7.68. The normalized spacial score (nSPS) is 36.9. The van der Waals surface area contributed by atoms with Crippen LogP contribution in [0.1, 0.15) is 64.2 Å². The quantitative estimate of drug-likeness (QED) is 0.685. The van der Waals surface area contributed by atoms with E-state index in [2.05, 4.69) is 0 Å². The van der Waals surface area contributed by atoms with Gasteiger partial charge in [0.2, 0.25) is 0 Å². The smallest absolute Gasteiger partial charge is 0.408 e. The van der Waals surface area contributed by atoms with Crippen LogP contribution in [0.5, 0.6) is 0 Å². The lowest BCUT2D eigenvalue weighted by molar-refractivity contribution is 0.0324. The molecular formula is C14H25BO2. The molecule has 96 valence electrons. The lowest BCUT2D eigenvalue weighted by Gasteiger charge is -2.35. The number of rotatable bonds is 2. The summed E-state index contributed by atoms with van der Waals surface area (Å²) in [5.41, 5.74) is 0. The van der Waals surface area contributed by atoms with Crippen LogP contribution in [0.25, 0.3) is 0 Å². The lowest BCUT2D eigenvalue weighted by Crippen LogP contribution is -2.38. The molecule has 0 amide bonds. The van der Waals surface area contributed by atoms with Gasteiger partial charge < -0.3 is 9.31 Å². The monoisotopic (exact) mass is 236 g/mol. The fraction of sp³-hybridized carbons (Fsp3) is 1.00. The molecule has 1 saturated heterocycles. The van der Waals surface area contributed by atoms with E-state index in [1.165, 1.54) is 64.2 Å². The Kier molecular flexibility index (Phi) is 4.07. The molecule has 0 aromatic carbocycles. The maximum atomic E-state index is 5.94. The average molecular weight is 236 g/mol. The summed E-state index contributed by atoms with van der Waals surface area (Å²) < 4.78 is 11.9. The summed E-state index contributed by atoms with van der Waals surface area (Å²) in [6.07, 6.45) is 14.8. The third-order valence-electron chi connectivity index (χ3n) is 5.07. The Hall–Kier alpha value is -0.0151. The largest absolute Gasteiger partial charge is 0.438 e. The molecule has 3 aliphatic rings. The van der Waals surface area contributed by atoms with Gasteiger partial charge in [-0.25, -0.2) is 0 Å². The second-order valence-corrected chi connectivity index (χ2v) is 6.18. The molecular weight excluding hydrogens is 211 g/mol. The van der Waals surface area contributed by atoms with Gasteiger partial charge in [-0.3, -0.25) is 0 Å². The molecule has 3 fully saturated rings. The van der Waals surface area contributed by atoms with Crippen molar-refractivity contribution in [3.8, 4) is 0 Å². The van der Waals surface area contributed by atoms with E-state index in [-0.39, 0.29) is 0 Å². The predicted molar refractivity (Wildman–Crippen MR) is 70.0 cm³/mol. The van der Waals surface area contributed by atoms with Gasteiger partial charge in [-0.1, -0.05) is 38.5 Å². The Morgan fingerprint density at radius 3 is 1.41 bits per heavy atom. The summed E-state index contributed by atoms with van der Waals surface area (Å²) in [5.74, 6) is 1.58. The zero-order valence-corrected chi connectivity index (χ0v) is 10.9. The van der Waals surface area contributed by atoms with Gasteiger partial charge in [0, 0.05) is 0 Å². The third-order valence-corrected chi connectivity index (χ3v) is 5.07. The SMILES string of the molecule is B1O[C@H](C2CCCCC2)[C@@H](C2CCCCC2)O1. The summed E-state index contributed by atoms with van der Waals surface area (Å²) in [5, 5.41) is 0. The summed E-state index contributed by atoms with van der Waals surface area (Å²) in [7, 11) is 0.558. The molecule has 0 radical (unpaired) electrons. The molecule has 0 aromatic heterocycles. The van der Waals surface area contributed by atoms with E-state index >= 15 is 0 Å². The highest BCUT2D eigenvalue weighted by molar-refractivity contribution is 6.19. The molecule has 0 aromatic rings. The molecule has 2 aliphatic carbocycles. The molecule has 1 aliphatic heterocycles. The van der Waals surface area contributed by atoms with Gasteiger partial charge in [0.25, 0.3) is 0 Å². The molecule has 3 heteroatoms. The van der Waals surface area contributed by atoms with Crippen LogP contribution in [-0.4, -0.2) is 19.9 Å². The maximum Gasteiger partial charge on any atom is 0.438 e. The van der Waals surface area contributed by atoms with Gasteiger partial charge in [0.05, 0.1) is 12.2 Å². The zero-order valence-electron chi connectivity index (χ0n) is 10.9. The first-order chi connectivity index (χ1) is 8.45. The highest BCUT2D eigenvalue weighted by Gasteiger charge is 2.40. The van der Waals surface area contributed by atoms with Gasteiger partial charge >= 0.3 is 7.69 Å². The van der Waals surface area contributed by atoms with Crippen molar-refractivity contribution in [1.29, 1.82) is 0 Å². The van der Waals surface area contributed by atoms with Gasteiger partial charge in [0.15, 0.2) is 0 Å². The molecule has 2 atom stereocenters. The minimum Gasteiger partial charge on any atom is -0.408 e. The van der Waals surface area contributed by atoms with Crippen LogP contribution in [0.2, 0.25) is 0 Å². The Bertz CT molecular complexity index is 210. The van der Waals surface area contributed by atoms with E-state index in [1.54, 1.807) is 0 Å². The maximum absolute atomic E-state index is 5.94.